The average Bonchev–Trinajstić information content (AvgIpc) is 2.71. The van der Waals surface area contributed by atoms with Crippen molar-refractivity contribution in [3.05, 3.63) is 22.8 Å². The summed E-state index contributed by atoms with van der Waals surface area (Å²) in [5, 5.41) is 0. The Labute approximate surface area is 208 Å². The quantitative estimate of drug-likeness (QED) is 0.253. The van der Waals surface area contributed by atoms with Crippen molar-refractivity contribution in [2.45, 2.75) is 125 Å². The Morgan fingerprint density at radius 2 is 1.53 bits per heavy atom. The highest BCUT2D eigenvalue weighted by atomic mass is 31.2. The molecule has 2 rings (SSSR count). The zero-order valence-corrected chi connectivity index (χ0v) is 23.5. The fourth-order valence-electron chi connectivity index (χ4n) is 5.15. The van der Waals surface area contributed by atoms with Gasteiger partial charge in [-0.25, -0.2) is 4.57 Å². The Morgan fingerprint density at radius 1 is 0.971 bits per heavy atom. The van der Waals surface area contributed by atoms with Crippen LogP contribution in [-0.2, 0) is 11.0 Å². The van der Waals surface area contributed by atoms with E-state index in [2.05, 4.69) is 34.6 Å². The average molecular weight is 497 g/mol. The number of fused-ring (bicyclic) bond motifs is 1. The number of aryl methyl sites for hydroxylation is 1. The molecule has 0 amide bonds. The van der Waals surface area contributed by atoms with Gasteiger partial charge in [0.1, 0.15) is 17.1 Å². The molecule has 196 valence electrons. The van der Waals surface area contributed by atoms with Crippen molar-refractivity contribution in [3.8, 4) is 11.5 Å². The van der Waals surface area contributed by atoms with Crippen LogP contribution in [-0.4, -0.2) is 15.4 Å². The predicted octanol–water partition coefficient (Wildman–Crippen LogP) is 8.30. The van der Waals surface area contributed by atoms with Crippen LogP contribution in [0.25, 0.3) is 0 Å². The number of phosphoric ester groups is 1. The van der Waals surface area contributed by atoms with Crippen LogP contribution in [0.2, 0.25) is 0 Å². The molecular formula is C28H49O5P. The Balaban J connectivity index is 1.79. The van der Waals surface area contributed by atoms with Crippen LogP contribution in [0.3, 0.4) is 0 Å². The fraction of sp³-hybridized carbons (Fsp3) is 0.786. The second-order valence-electron chi connectivity index (χ2n) is 11.6. The molecule has 0 spiro atoms. The highest BCUT2D eigenvalue weighted by molar-refractivity contribution is 7.46. The summed E-state index contributed by atoms with van der Waals surface area (Å²) < 4.78 is 22.7. The van der Waals surface area contributed by atoms with Gasteiger partial charge in [-0.15, -0.1) is 0 Å². The predicted molar refractivity (Wildman–Crippen MR) is 141 cm³/mol. The van der Waals surface area contributed by atoms with E-state index >= 15 is 0 Å². The number of hydrogen-bond donors (Lipinski definition) is 2. The maximum Gasteiger partial charge on any atom is 0.524 e. The normalized spacial score (nSPS) is 20.1. The summed E-state index contributed by atoms with van der Waals surface area (Å²) in [6.07, 6.45) is 13.3. The fourth-order valence-corrected chi connectivity index (χ4v) is 5.60. The van der Waals surface area contributed by atoms with Crippen LogP contribution in [0.15, 0.2) is 6.07 Å². The molecule has 1 aromatic carbocycles. The van der Waals surface area contributed by atoms with Crippen molar-refractivity contribution >= 4 is 7.82 Å². The van der Waals surface area contributed by atoms with Crippen molar-refractivity contribution < 1.29 is 23.6 Å². The number of hydrogen-bond acceptors (Lipinski definition) is 3. The summed E-state index contributed by atoms with van der Waals surface area (Å²) in [7, 11) is -4.58. The molecular weight excluding hydrogens is 447 g/mol. The summed E-state index contributed by atoms with van der Waals surface area (Å²) >= 11 is 0. The van der Waals surface area contributed by atoms with Crippen molar-refractivity contribution in [1.29, 1.82) is 0 Å². The maximum absolute atomic E-state index is 11.3. The number of ether oxygens (including phenoxy) is 1. The van der Waals surface area contributed by atoms with E-state index in [4.69, 9.17) is 9.26 Å². The van der Waals surface area contributed by atoms with E-state index in [1.54, 1.807) is 6.07 Å². The van der Waals surface area contributed by atoms with E-state index in [0.717, 1.165) is 65.9 Å². The van der Waals surface area contributed by atoms with Gasteiger partial charge in [0.2, 0.25) is 0 Å². The first-order valence-electron chi connectivity index (χ1n) is 13.4. The molecule has 2 N–H and O–H groups in total. The largest absolute Gasteiger partial charge is 0.524 e. The number of phosphoric acid groups is 1. The van der Waals surface area contributed by atoms with E-state index < -0.39 is 7.82 Å². The van der Waals surface area contributed by atoms with Gasteiger partial charge < -0.3 is 9.26 Å². The Kier molecular flexibility index (Phi) is 11.0. The molecule has 0 saturated heterocycles. The lowest BCUT2D eigenvalue weighted by atomic mass is 9.85. The van der Waals surface area contributed by atoms with Crippen LogP contribution in [0.1, 0.15) is 116 Å². The molecule has 0 saturated carbocycles. The van der Waals surface area contributed by atoms with Gasteiger partial charge in [-0.3, -0.25) is 9.79 Å². The molecule has 0 aliphatic carbocycles. The molecule has 6 heteroatoms. The first-order chi connectivity index (χ1) is 15.8. The molecule has 34 heavy (non-hydrogen) atoms. The summed E-state index contributed by atoms with van der Waals surface area (Å²) in [5.74, 6) is 3.53. The first-order valence-corrected chi connectivity index (χ1v) is 14.9. The van der Waals surface area contributed by atoms with Crippen molar-refractivity contribution in [2.24, 2.45) is 17.8 Å². The van der Waals surface area contributed by atoms with Crippen molar-refractivity contribution in [3.63, 3.8) is 0 Å². The van der Waals surface area contributed by atoms with E-state index in [1.807, 2.05) is 13.8 Å². The minimum atomic E-state index is -4.58. The minimum Gasteiger partial charge on any atom is -0.487 e. The van der Waals surface area contributed by atoms with Crippen molar-refractivity contribution in [1.82, 2.24) is 0 Å². The second-order valence-corrected chi connectivity index (χ2v) is 12.8. The molecule has 1 aliphatic heterocycles. The van der Waals surface area contributed by atoms with Crippen molar-refractivity contribution in [2.75, 3.05) is 0 Å². The Morgan fingerprint density at radius 3 is 2.09 bits per heavy atom. The number of rotatable bonds is 14. The lowest BCUT2D eigenvalue weighted by Crippen LogP contribution is -2.36. The number of benzene rings is 1. The van der Waals surface area contributed by atoms with E-state index in [9.17, 15) is 14.4 Å². The molecule has 3 atom stereocenters. The SMILES string of the molecule is Cc1c(OP(=O)(O)O)cc2c(c1C)O[C@](C)(CCC[C@H](C)CCC[C@H](C)CCCC(C)C)CC2. The molecule has 0 fully saturated rings. The van der Waals surface area contributed by atoms with Gasteiger partial charge in [-0.05, 0) is 87.0 Å². The lowest BCUT2D eigenvalue weighted by molar-refractivity contribution is 0.0514. The van der Waals surface area contributed by atoms with E-state index in [0.29, 0.717) is 0 Å². The third kappa shape index (κ3) is 9.55. The van der Waals surface area contributed by atoms with Gasteiger partial charge in [-0.2, -0.15) is 0 Å². The molecule has 1 heterocycles. The van der Waals surface area contributed by atoms with Crippen LogP contribution < -0.4 is 9.26 Å². The van der Waals surface area contributed by atoms with Crippen LogP contribution in [0, 0.1) is 31.6 Å². The summed E-state index contributed by atoms with van der Waals surface area (Å²) in [4.78, 5) is 18.4. The monoisotopic (exact) mass is 496 g/mol. The van der Waals surface area contributed by atoms with Gasteiger partial charge in [0.05, 0.1) is 0 Å². The first kappa shape index (κ1) is 29.2. The molecule has 1 aromatic rings. The third-order valence-corrected chi connectivity index (χ3v) is 8.07. The second kappa shape index (κ2) is 12.8. The minimum absolute atomic E-state index is 0.194. The lowest BCUT2D eigenvalue weighted by Gasteiger charge is -2.37. The summed E-state index contributed by atoms with van der Waals surface area (Å²) in [6, 6.07) is 1.74. The van der Waals surface area contributed by atoms with Crippen LogP contribution >= 0.6 is 7.82 Å². The third-order valence-electron chi connectivity index (χ3n) is 7.63. The topological polar surface area (TPSA) is 76.0 Å². The van der Waals surface area contributed by atoms with Gasteiger partial charge in [0.25, 0.3) is 0 Å². The molecule has 1 aliphatic rings. The highest BCUT2D eigenvalue weighted by Gasteiger charge is 2.33. The molecule has 0 aromatic heterocycles. The van der Waals surface area contributed by atoms with E-state index in [1.165, 1.54) is 44.9 Å². The zero-order valence-electron chi connectivity index (χ0n) is 22.7. The Bertz CT molecular complexity index is 831. The molecule has 0 bridgehead atoms. The molecule has 5 nitrogen and oxygen atoms in total. The summed E-state index contributed by atoms with van der Waals surface area (Å²) in [5.41, 5.74) is 2.40. The van der Waals surface area contributed by atoms with Gasteiger partial charge in [0, 0.05) is 0 Å². The van der Waals surface area contributed by atoms with Crippen LogP contribution in [0.4, 0.5) is 0 Å². The smallest absolute Gasteiger partial charge is 0.487 e. The van der Waals surface area contributed by atoms with Crippen LogP contribution in [0.5, 0.6) is 11.5 Å². The highest BCUT2D eigenvalue weighted by Crippen LogP contribution is 2.46. The Hall–Kier alpha value is -1.03. The van der Waals surface area contributed by atoms with E-state index in [-0.39, 0.29) is 11.4 Å². The molecule has 0 unspecified atom stereocenters. The van der Waals surface area contributed by atoms with Gasteiger partial charge in [0.15, 0.2) is 0 Å². The van der Waals surface area contributed by atoms with Gasteiger partial charge >= 0.3 is 7.82 Å². The maximum atomic E-state index is 11.3. The zero-order chi connectivity index (χ0) is 25.5. The molecule has 0 radical (unpaired) electrons. The standard InChI is InChI=1S/C28H49O5P/c1-20(2)11-8-12-21(3)13-9-14-22(4)15-10-17-28(7)18-16-25-19-26(33-34(29,30)31)23(5)24(6)27(25)32-28/h19-22H,8-18H2,1-7H3,(H2,29,30,31)/t21-,22-,28-/m1/s1. The summed E-state index contributed by atoms with van der Waals surface area (Å²) in [6.45, 7) is 15.4. The van der Waals surface area contributed by atoms with Gasteiger partial charge in [-0.1, -0.05) is 72.6 Å².